The molecule has 0 aliphatic carbocycles. The molecule has 2 aliphatic rings. The molecule has 0 radical (unpaired) electrons. The van der Waals surface area contributed by atoms with Crippen molar-refractivity contribution in [3.8, 4) is 0 Å². The van der Waals surface area contributed by atoms with E-state index in [9.17, 15) is 9.59 Å². The summed E-state index contributed by atoms with van der Waals surface area (Å²) in [5.41, 5.74) is 2.11. The third-order valence-corrected chi connectivity index (χ3v) is 4.32. The van der Waals surface area contributed by atoms with Crippen LogP contribution in [0.15, 0.2) is 30.0 Å². The fourth-order valence-electron chi connectivity index (χ4n) is 2.72. The second-order valence-corrected chi connectivity index (χ2v) is 6.34. The van der Waals surface area contributed by atoms with Crippen LogP contribution in [0.3, 0.4) is 0 Å². The van der Waals surface area contributed by atoms with Crippen molar-refractivity contribution in [1.82, 2.24) is 10.2 Å². The Hall–Kier alpha value is -2.25. The molecule has 24 heavy (non-hydrogen) atoms. The van der Waals surface area contributed by atoms with Gasteiger partial charge in [0, 0.05) is 26.4 Å². The van der Waals surface area contributed by atoms with Gasteiger partial charge < -0.3 is 9.64 Å². The first-order chi connectivity index (χ1) is 11.5. The van der Waals surface area contributed by atoms with Crippen LogP contribution in [0.1, 0.15) is 18.4 Å². The molecule has 2 heterocycles. The number of benzene rings is 1. The van der Waals surface area contributed by atoms with Crippen molar-refractivity contribution < 1.29 is 14.3 Å². The third kappa shape index (κ3) is 3.18. The standard InChI is InChI=1S/C17H19N3O3S/c1-19(2)12-7-5-11(6-8-12)10-13-15(21)18-17(24)20(13)16(22)14-4-3-9-23-14/h5-8,10,14H,3-4,9H2,1-2H3,(H,18,21,24). The summed E-state index contributed by atoms with van der Waals surface area (Å²) in [6.07, 6.45) is 2.62. The van der Waals surface area contributed by atoms with E-state index in [1.54, 1.807) is 6.08 Å². The fraction of sp³-hybridized carbons (Fsp3) is 0.353. The first-order valence-corrected chi connectivity index (χ1v) is 8.18. The molecule has 1 unspecified atom stereocenters. The number of amides is 2. The Labute approximate surface area is 146 Å². The molecule has 3 rings (SSSR count). The minimum atomic E-state index is -0.532. The molecule has 1 aromatic carbocycles. The molecule has 1 atom stereocenters. The van der Waals surface area contributed by atoms with E-state index in [1.165, 1.54) is 4.90 Å². The van der Waals surface area contributed by atoms with E-state index in [0.717, 1.165) is 17.7 Å². The molecular formula is C17H19N3O3S. The number of nitrogens with one attached hydrogen (secondary N) is 1. The van der Waals surface area contributed by atoms with E-state index in [4.69, 9.17) is 17.0 Å². The van der Waals surface area contributed by atoms with Crippen LogP contribution in [0.5, 0.6) is 0 Å². The Morgan fingerprint density at radius 2 is 2.08 bits per heavy atom. The van der Waals surface area contributed by atoms with E-state index < -0.39 is 6.10 Å². The Morgan fingerprint density at radius 1 is 1.38 bits per heavy atom. The van der Waals surface area contributed by atoms with Gasteiger partial charge in [0.1, 0.15) is 11.8 Å². The zero-order chi connectivity index (χ0) is 17.3. The van der Waals surface area contributed by atoms with E-state index in [-0.39, 0.29) is 22.6 Å². The van der Waals surface area contributed by atoms with Gasteiger partial charge in [-0.05, 0) is 48.8 Å². The van der Waals surface area contributed by atoms with E-state index in [2.05, 4.69) is 5.32 Å². The highest BCUT2D eigenvalue weighted by molar-refractivity contribution is 7.80. The van der Waals surface area contributed by atoms with Crippen LogP contribution in [0.25, 0.3) is 6.08 Å². The maximum absolute atomic E-state index is 12.6. The van der Waals surface area contributed by atoms with Crippen molar-refractivity contribution in [3.05, 3.63) is 35.5 Å². The van der Waals surface area contributed by atoms with Crippen molar-refractivity contribution in [1.29, 1.82) is 0 Å². The van der Waals surface area contributed by atoms with Crippen LogP contribution < -0.4 is 10.2 Å². The van der Waals surface area contributed by atoms with Gasteiger partial charge in [-0.3, -0.25) is 14.9 Å². The van der Waals surface area contributed by atoms with E-state index in [0.29, 0.717) is 13.0 Å². The van der Waals surface area contributed by atoms with Crippen LogP contribution in [-0.2, 0) is 14.3 Å². The number of ether oxygens (including phenoxy) is 1. The highest BCUT2D eigenvalue weighted by Gasteiger charge is 2.39. The Balaban J connectivity index is 1.89. The molecule has 2 amide bonds. The molecule has 1 aromatic rings. The Morgan fingerprint density at radius 3 is 2.67 bits per heavy atom. The monoisotopic (exact) mass is 345 g/mol. The molecule has 0 saturated carbocycles. The van der Waals surface area contributed by atoms with Gasteiger partial charge in [0.05, 0.1) is 0 Å². The largest absolute Gasteiger partial charge is 0.378 e. The maximum Gasteiger partial charge on any atom is 0.274 e. The Bertz CT molecular complexity index is 706. The van der Waals surface area contributed by atoms with Gasteiger partial charge in [-0.25, -0.2) is 4.90 Å². The van der Waals surface area contributed by atoms with Gasteiger partial charge in [0.25, 0.3) is 11.8 Å². The first-order valence-electron chi connectivity index (χ1n) is 7.77. The van der Waals surface area contributed by atoms with Crippen LogP contribution in [0.4, 0.5) is 5.69 Å². The lowest BCUT2D eigenvalue weighted by atomic mass is 10.1. The van der Waals surface area contributed by atoms with Crippen LogP contribution >= 0.6 is 12.2 Å². The second kappa shape index (κ2) is 6.70. The van der Waals surface area contributed by atoms with Crippen LogP contribution in [0.2, 0.25) is 0 Å². The molecule has 0 aromatic heterocycles. The maximum atomic E-state index is 12.6. The highest BCUT2D eigenvalue weighted by atomic mass is 32.1. The van der Waals surface area contributed by atoms with Gasteiger partial charge in [0.2, 0.25) is 0 Å². The minimum absolute atomic E-state index is 0.108. The van der Waals surface area contributed by atoms with Crippen molar-refractivity contribution in [2.75, 3.05) is 25.6 Å². The molecule has 1 N–H and O–H groups in total. The summed E-state index contributed by atoms with van der Waals surface area (Å²) in [6, 6.07) is 7.69. The molecular weight excluding hydrogens is 326 g/mol. The zero-order valence-electron chi connectivity index (χ0n) is 13.6. The number of hydrogen-bond donors (Lipinski definition) is 1. The minimum Gasteiger partial charge on any atom is -0.378 e. The quantitative estimate of drug-likeness (QED) is 0.665. The molecule has 2 fully saturated rings. The molecule has 126 valence electrons. The number of rotatable bonds is 3. The normalized spacial score (nSPS) is 22.2. The number of anilines is 1. The summed E-state index contributed by atoms with van der Waals surface area (Å²) in [5, 5.41) is 2.64. The predicted molar refractivity (Wildman–Crippen MR) is 95.3 cm³/mol. The molecule has 2 aliphatic heterocycles. The van der Waals surface area contributed by atoms with Crippen molar-refractivity contribution in [3.63, 3.8) is 0 Å². The number of carbonyl (C=O) groups is 2. The van der Waals surface area contributed by atoms with E-state index in [1.807, 2.05) is 43.3 Å². The lowest BCUT2D eigenvalue weighted by molar-refractivity contribution is -0.135. The average molecular weight is 345 g/mol. The second-order valence-electron chi connectivity index (χ2n) is 5.95. The number of nitrogens with zero attached hydrogens (tertiary/aromatic N) is 2. The van der Waals surface area contributed by atoms with Crippen molar-refractivity contribution in [2.24, 2.45) is 0 Å². The molecule has 7 heteroatoms. The molecule has 2 saturated heterocycles. The molecule has 0 spiro atoms. The van der Waals surface area contributed by atoms with Crippen molar-refractivity contribution in [2.45, 2.75) is 18.9 Å². The number of carbonyl (C=O) groups excluding carboxylic acids is 2. The third-order valence-electron chi connectivity index (χ3n) is 4.04. The SMILES string of the molecule is CN(C)c1ccc(C=C2C(=O)NC(=S)N2C(=O)C2CCCO2)cc1. The van der Waals surface area contributed by atoms with Crippen LogP contribution in [0, 0.1) is 0 Å². The van der Waals surface area contributed by atoms with Gasteiger partial charge in [-0.15, -0.1) is 0 Å². The Kier molecular flexibility index (Phi) is 4.64. The van der Waals surface area contributed by atoms with Gasteiger partial charge in [-0.2, -0.15) is 0 Å². The fourth-order valence-corrected chi connectivity index (χ4v) is 3.00. The van der Waals surface area contributed by atoms with Crippen molar-refractivity contribution >= 4 is 40.9 Å². The number of thiocarbonyl (C=S) groups is 1. The summed E-state index contributed by atoms with van der Waals surface area (Å²) in [6.45, 7) is 0.559. The molecule has 0 bridgehead atoms. The summed E-state index contributed by atoms with van der Waals surface area (Å²) < 4.78 is 5.43. The summed E-state index contributed by atoms with van der Waals surface area (Å²) in [5.74, 6) is -0.657. The summed E-state index contributed by atoms with van der Waals surface area (Å²) >= 11 is 5.15. The first kappa shape index (κ1) is 16.6. The molecule has 6 nitrogen and oxygen atoms in total. The van der Waals surface area contributed by atoms with Gasteiger partial charge in [0.15, 0.2) is 5.11 Å². The smallest absolute Gasteiger partial charge is 0.274 e. The predicted octanol–water partition coefficient (Wildman–Crippen LogP) is 1.52. The van der Waals surface area contributed by atoms with E-state index >= 15 is 0 Å². The lowest BCUT2D eigenvalue weighted by Gasteiger charge is -2.19. The van der Waals surface area contributed by atoms with Gasteiger partial charge in [-0.1, -0.05) is 12.1 Å². The van der Waals surface area contributed by atoms with Crippen LogP contribution in [-0.4, -0.2) is 48.6 Å². The summed E-state index contributed by atoms with van der Waals surface area (Å²) in [4.78, 5) is 28.1. The summed E-state index contributed by atoms with van der Waals surface area (Å²) in [7, 11) is 3.91. The highest BCUT2D eigenvalue weighted by Crippen LogP contribution is 2.23. The lowest BCUT2D eigenvalue weighted by Crippen LogP contribution is -2.40. The zero-order valence-corrected chi connectivity index (χ0v) is 14.4. The average Bonchev–Trinajstić information content (AvgIpc) is 3.16. The topological polar surface area (TPSA) is 61.9 Å². The number of hydrogen-bond acceptors (Lipinski definition) is 5. The van der Waals surface area contributed by atoms with Gasteiger partial charge >= 0.3 is 0 Å².